The zero-order valence-corrected chi connectivity index (χ0v) is 32.3. The zero-order chi connectivity index (χ0) is 37.6. The molecule has 268 valence electrons. The average molecular weight is 718 g/mol. The molecule has 0 aromatic heterocycles. The van der Waals surface area contributed by atoms with Crippen molar-refractivity contribution in [3.8, 4) is 33.4 Å². The highest BCUT2D eigenvalue weighted by Crippen LogP contribution is 2.63. The summed E-state index contributed by atoms with van der Waals surface area (Å²) in [5, 5.41) is 0. The molecule has 0 N–H and O–H groups in total. The maximum absolute atomic E-state index is 2.57. The van der Waals surface area contributed by atoms with Crippen molar-refractivity contribution in [3.63, 3.8) is 0 Å². The molecule has 1 spiro atoms. The molecule has 7 aromatic carbocycles. The highest BCUT2D eigenvalue weighted by Gasteiger charge is 2.52. The van der Waals surface area contributed by atoms with Crippen LogP contribution in [-0.2, 0) is 16.2 Å². The molecule has 0 amide bonds. The highest BCUT2D eigenvalue weighted by atomic mass is 15.1. The van der Waals surface area contributed by atoms with Gasteiger partial charge in [0.15, 0.2) is 0 Å². The number of hydrogen-bond acceptors (Lipinski definition) is 1. The van der Waals surface area contributed by atoms with Crippen molar-refractivity contribution in [2.24, 2.45) is 5.92 Å². The number of anilines is 2. The van der Waals surface area contributed by atoms with Crippen LogP contribution in [0.4, 0.5) is 11.4 Å². The standard InChI is InChI=1S/C55H43N/c1-53(2)46-21-11-6-19-41(46)44-31-34(27-30-47(44)53)56(35-25-28-42-37-15-5-10-20-45(37)54(3,4)51(42)32-35)36-26-29-43-40-18-9-14-24-50(40)55(52(43)33-36)48-22-12-7-16-38(48)39-17-8-13-23-49(39)55/h5-33,44,47H,1-4H3. The molecule has 0 bridgehead atoms. The van der Waals surface area contributed by atoms with E-state index in [1.54, 1.807) is 0 Å². The van der Waals surface area contributed by atoms with Gasteiger partial charge in [0.2, 0.25) is 0 Å². The summed E-state index contributed by atoms with van der Waals surface area (Å²) >= 11 is 0. The Morgan fingerprint density at radius 3 is 1.46 bits per heavy atom. The third kappa shape index (κ3) is 3.91. The van der Waals surface area contributed by atoms with Crippen molar-refractivity contribution >= 4 is 11.4 Å². The number of nitrogens with zero attached hydrogens (tertiary/aromatic N) is 1. The van der Waals surface area contributed by atoms with Crippen LogP contribution < -0.4 is 4.90 Å². The Kier molecular flexibility index (Phi) is 6.30. The molecule has 5 aliphatic carbocycles. The molecule has 12 rings (SSSR count). The smallest absolute Gasteiger partial charge is 0.0726 e. The molecule has 1 heteroatoms. The van der Waals surface area contributed by atoms with Gasteiger partial charge in [-0.25, -0.2) is 0 Å². The van der Waals surface area contributed by atoms with Gasteiger partial charge in [0, 0.05) is 28.4 Å². The van der Waals surface area contributed by atoms with Gasteiger partial charge < -0.3 is 4.90 Å². The second kappa shape index (κ2) is 11.0. The third-order valence-corrected chi connectivity index (χ3v) is 14.4. The first-order valence-corrected chi connectivity index (χ1v) is 20.3. The van der Waals surface area contributed by atoms with Gasteiger partial charge in [-0.2, -0.15) is 0 Å². The molecular formula is C55H43N. The number of fused-ring (bicyclic) bond motifs is 16. The summed E-state index contributed by atoms with van der Waals surface area (Å²) < 4.78 is 0. The third-order valence-electron chi connectivity index (χ3n) is 14.4. The van der Waals surface area contributed by atoms with Gasteiger partial charge in [0.05, 0.1) is 5.41 Å². The molecule has 0 saturated carbocycles. The number of hydrogen-bond donors (Lipinski definition) is 0. The van der Waals surface area contributed by atoms with Crippen LogP contribution in [0.5, 0.6) is 0 Å². The summed E-state index contributed by atoms with van der Waals surface area (Å²) in [6.07, 6.45) is 7.50. The van der Waals surface area contributed by atoms with E-state index in [0.29, 0.717) is 11.8 Å². The molecule has 56 heavy (non-hydrogen) atoms. The van der Waals surface area contributed by atoms with Crippen LogP contribution in [0, 0.1) is 5.92 Å². The van der Waals surface area contributed by atoms with E-state index in [9.17, 15) is 0 Å². The van der Waals surface area contributed by atoms with Crippen molar-refractivity contribution in [2.45, 2.75) is 49.9 Å². The number of benzene rings is 7. The topological polar surface area (TPSA) is 3.24 Å². The first kappa shape index (κ1) is 32.1. The Morgan fingerprint density at radius 2 is 0.875 bits per heavy atom. The molecule has 2 atom stereocenters. The molecule has 2 unspecified atom stereocenters. The lowest BCUT2D eigenvalue weighted by molar-refractivity contribution is 0.393. The van der Waals surface area contributed by atoms with E-state index in [-0.39, 0.29) is 10.8 Å². The SMILES string of the molecule is CC1(C)c2ccccc2-c2ccc(N(C3=CC4c5ccccc5C(C)(C)C4C=C3)c3ccc4c(c3)C3(c5ccccc5-c5ccccc53)c3ccccc3-4)cc21. The molecule has 7 aromatic rings. The van der Waals surface area contributed by atoms with Crippen LogP contribution in [0.1, 0.15) is 78.1 Å². The van der Waals surface area contributed by atoms with E-state index in [1.807, 2.05) is 0 Å². The van der Waals surface area contributed by atoms with E-state index in [4.69, 9.17) is 0 Å². The van der Waals surface area contributed by atoms with E-state index >= 15 is 0 Å². The predicted molar refractivity (Wildman–Crippen MR) is 232 cm³/mol. The first-order chi connectivity index (χ1) is 27.3. The van der Waals surface area contributed by atoms with Crippen molar-refractivity contribution in [1.82, 2.24) is 0 Å². The Labute approximate surface area is 330 Å². The monoisotopic (exact) mass is 717 g/mol. The summed E-state index contributed by atoms with van der Waals surface area (Å²) in [7, 11) is 0. The Balaban J connectivity index is 1.11. The zero-order valence-electron chi connectivity index (χ0n) is 32.3. The molecule has 0 saturated heterocycles. The minimum atomic E-state index is -0.404. The molecule has 0 fully saturated rings. The Morgan fingerprint density at radius 1 is 0.429 bits per heavy atom. The van der Waals surface area contributed by atoms with Crippen molar-refractivity contribution in [1.29, 1.82) is 0 Å². The lowest BCUT2D eigenvalue weighted by atomic mass is 9.70. The maximum Gasteiger partial charge on any atom is 0.0726 e. The molecule has 0 radical (unpaired) electrons. The van der Waals surface area contributed by atoms with Crippen LogP contribution in [0.25, 0.3) is 33.4 Å². The largest absolute Gasteiger partial charge is 0.311 e. The minimum Gasteiger partial charge on any atom is -0.311 e. The summed E-state index contributed by atoms with van der Waals surface area (Å²) in [4.78, 5) is 2.56. The second-order valence-electron chi connectivity index (χ2n) is 17.7. The first-order valence-electron chi connectivity index (χ1n) is 20.3. The lowest BCUT2D eigenvalue weighted by Crippen LogP contribution is -2.28. The van der Waals surface area contributed by atoms with Crippen LogP contribution in [0.15, 0.2) is 182 Å². The van der Waals surface area contributed by atoms with Crippen LogP contribution in [-0.4, -0.2) is 0 Å². The van der Waals surface area contributed by atoms with E-state index < -0.39 is 5.41 Å². The molecule has 0 heterocycles. The molecule has 0 aliphatic heterocycles. The highest BCUT2D eigenvalue weighted by molar-refractivity contribution is 5.96. The van der Waals surface area contributed by atoms with E-state index in [0.717, 1.165) is 0 Å². The summed E-state index contributed by atoms with van der Waals surface area (Å²) in [6, 6.07) is 60.0. The summed E-state index contributed by atoms with van der Waals surface area (Å²) in [5.74, 6) is 0.709. The fourth-order valence-electron chi connectivity index (χ4n) is 11.8. The van der Waals surface area contributed by atoms with Gasteiger partial charge in [-0.1, -0.05) is 173 Å². The fraction of sp³-hybridized carbons (Fsp3) is 0.164. The van der Waals surface area contributed by atoms with Crippen molar-refractivity contribution in [2.75, 3.05) is 4.90 Å². The van der Waals surface area contributed by atoms with Gasteiger partial charge >= 0.3 is 0 Å². The quantitative estimate of drug-likeness (QED) is 0.176. The second-order valence-corrected chi connectivity index (χ2v) is 17.7. The van der Waals surface area contributed by atoms with Gasteiger partial charge in [-0.15, -0.1) is 0 Å². The average Bonchev–Trinajstić information content (AvgIpc) is 3.86. The van der Waals surface area contributed by atoms with Crippen LogP contribution in [0.3, 0.4) is 0 Å². The van der Waals surface area contributed by atoms with Gasteiger partial charge in [0.1, 0.15) is 0 Å². The minimum absolute atomic E-state index is 0.0585. The molecule has 5 aliphatic rings. The normalized spacial score (nSPS) is 19.9. The van der Waals surface area contributed by atoms with Gasteiger partial charge in [-0.05, 0) is 120 Å². The Hall–Kier alpha value is -6.18. The fourth-order valence-corrected chi connectivity index (χ4v) is 11.8. The summed E-state index contributed by atoms with van der Waals surface area (Å²) in [5.41, 5.74) is 22.4. The summed E-state index contributed by atoms with van der Waals surface area (Å²) in [6.45, 7) is 9.62. The molecule has 1 nitrogen and oxygen atoms in total. The Bertz CT molecular complexity index is 2830. The van der Waals surface area contributed by atoms with Crippen molar-refractivity contribution < 1.29 is 0 Å². The van der Waals surface area contributed by atoms with Gasteiger partial charge in [0.25, 0.3) is 0 Å². The van der Waals surface area contributed by atoms with Crippen molar-refractivity contribution in [3.05, 3.63) is 226 Å². The van der Waals surface area contributed by atoms with Crippen LogP contribution in [0.2, 0.25) is 0 Å². The number of rotatable bonds is 3. The lowest BCUT2D eigenvalue weighted by Gasteiger charge is -2.35. The van der Waals surface area contributed by atoms with E-state index in [2.05, 4.69) is 209 Å². The predicted octanol–water partition coefficient (Wildman–Crippen LogP) is 13.6. The maximum atomic E-state index is 2.57. The number of allylic oxidation sites excluding steroid dienone is 3. The molecular weight excluding hydrogens is 675 g/mol. The van der Waals surface area contributed by atoms with Gasteiger partial charge in [-0.3, -0.25) is 0 Å². The van der Waals surface area contributed by atoms with E-state index in [1.165, 1.54) is 95.0 Å². The van der Waals surface area contributed by atoms with Crippen LogP contribution >= 0.6 is 0 Å².